The summed E-state index contributed by atoms with van der Waals surface area (Å²) in [6, 6.07) is 8.35. The van der Waals surface area contributed by atoms with Crippen molar-refractivity contribution < 1.29 is 18.8 Å². The van der Waals surface area contributed by atoms with Gasteiger partial charge in [-0.15, -0.1) is 0 Å². The van der Waals surface area contributed by atoms with Crippen LogP contribution < -0.4 is 0 Å². The molecule has 0 aliphatic carbocycles. The van der Waals surface area contributed by atoms with Crippen LogP contribution in [0.15, 0.2) is 24.3 Å². The molecule has 1 aromatic heterocycles. The van der Waals surface area contributed by atoms with E-state index in [2.05, 4.69) is 27.8 Å². The molecule has 2 aromatic rings. The van der Waals surface area contributed by atoms with E-state index in [1.807, 2.05) is 6.07 Å². The van der Waals surface area contributed by atoms with E-state index in [0.717, 1.165) is 36.4 Å². The van der Waals surface area contributed by atoms with Gasteiger partial charge in [-0.1, -0.05) is 18.2 Å². The summed E-state index contributed by atoms with van der Waals surface area (Å²) in [5, 5.41) is 1.27. The molecule has 1 N–H and O–H groups in total. The van der Waals surface area contributed by atoms with Crippen LogP contribution in [0.1, 0.15) is 17.7 Å². The Balaban J connectivity index is 1.83. The molecule has 0 radical (unpaired) electrons. The van der Waals surface area contributed by atoms with Crippen LogP contribution in [0.4, 0.5) is 0 Å². The third-order valence-corrected chi connectivity index (χ3v) is 4.61. The third-order valence-electron chi connectivity index (χ3n) is 4.61. The predicted molar refractivity (Wildman–Crippen MR) is 82.5 cm³/mol. The lowest BCUT2D eigenvalue weighted by Crippen LogP contribution is -2.46. The van der Waals surface area contributed by atoms with Crippen LogP contribution in [-0.4, -0.2) is 54.2 Å². The quantitative estimate of drug-likeness (QED) is 0.675. The molecule has 3 heterocycles. The highest BCUT2D eigenvalue weighted by Gasteiger charge is 2.39. The number of ether oxygens (including phenoxy) is 2. The van der Waals surface area contributed by atoms with E-state index in [1.165, 1.54) is 18.1 Å². The fourth-order valence-electron chi connectivity index (χ4n) is 3.57. The Morgan fingerprint density at radius 1 is 1.41 bits per heavy atom. The van der Waals surface area contributed by atoms with E-state index >= 15 is 0 Å². The van der Waals surface area contributed by atoms with Gasteiger partial charge in [0.2, 0.25) is 5.71 Å². The molecule has 1 aromatic carbocycles. The summed E-state index contributed by atoms with van der Waals surface area (Å²) in [5.41, 5.74) is 4.71. The van der Waals surface area contributed by atoms with Crippen molar-refractivity contribution in [2.24, 2.45) is 0 Å². The number of fused-ring (bicyclic) bond motifs is 4. The zero-order chi connectivity index (χ0) is 15.1. The van der Waals surface area contributed by atoms with Crippen molar-refractivity contribution in [2.75, 3.05) is 26.8 Å². The van der Waals surface area contributed by atoms with Crippen LogP contribution in [-0.2, 0) is 20.7 Å². The van der Waals surface area contributed by atoms with Gasteiger partial charge >= 0.3 is 5.97 Å². The molecule has 0 fully saturated rings. The number of esters is 1. The number of aromatic nitrogens is 1. The number of H-pyrrole nitrogens is 1. The number of benzene rings is 1. The zero-order valence-electron chi connectivity index (χ0n) is 12.6. The molecule has 1 unspecified atom stereocenters. The van der Waals surface area contributed by atoms with Gasteiger partial charge in [0.25, 0.3) is 0 Å². The van der Waals surface area contributed by atoms with Gasteiger partial charge in [0.1, 0.15) is 18.8 Å². The minimum absolute atomic E-state index is 0.228. The molecular weight excluding hydrogens is 280 g/mol. The molecule has 0 saturated heterocycles. The maximum absolute atomic E-state index is 11.7. The molecule has 0 spiro atoms. The van der Waals surface area contributed by atoms with E-state index in [4.69, 9.17) is 9.47 Å². The average Bonchev–Trinajstić information content (AvgIpc) is 2.93. The highest BCUT2D eigenvalue weighted by molar-refractivity contribution is 6.06. The summed E-state index contributed by atoms with van der Waals surface area (Å²) in [4.78, 5) is 15.2. The lowest BCUT2D eigenvalue weighted by atomic mass is 9.96. The molecule has 2 aliphatic rings. The fourth-order valence-corrected chi connectivity index (χ4v) is 3.57. The Hall–Kier alpha value is -2.14. The van der Waals surface area contributed by atoms with Crippen LogP contribution in [0.5, 0.6) is 0 Å². The van der Waals surface area contributed by atoms with E-state index in [-0.39, 0.29) is 18.5 Å². The van der Waals surface area contributed by atoms with Crippen molar-refractivity contribution in [3.63, 3.8) is 0 Å². The monoisotopic (exact) mass is 299 g/mol. The number of carbonyl (C=O) groups excluding carboxylic acids is 1. The zero-order valence-corrected chi connectivity index (χ0v) is 12.6. The second-order valence-electron chi connectivity index (χ2n) is 5.79. The number of hydrogen-bond donors (Lipinski definition) is 1. The van der Waals surface area contributed by atoms with Crippen molar-refractivity contribution in [1.29, 1.82) is 0 Å². The number of hydrogen-bond acceptors (Lipinski definition) is 3. The second kappa shape index (κ2) is 5.25. The lowest BCUT2D eigenvalue weighted by molar-refractivity contribution is -0.542. The lowest BCUT2D eigenvalue weighted by Gasteiger charge is -2.26. The van der Waals surface area contributed by atoms with Crippen LogP contribution in [0, 0.1) is 0 Å². The largest absolute Gasteiger partial charge is 0.469 e. The number of nitrogens with zero attached hydrogens (tertiary/aromatic N) is 1. The summed E-state index contributed by atoms with van der Waals surface area (Å²) in [6.45, 7) is 2.51. The molecule has 5 heteroatoms. The topological polar surface area (TPSA) is 54.3 Å². The molecule has 22 heavy (non-hydrogen) atoms. The highest BCUT2D eigenvalue weighted by Crippen LogP contribution is 2.29. The van der Waals surface area contributed by atoms with Crippen LogP contribution in [0.2, 0.25) is 0 Å². The molecule has 0 bridgehead atoms. The SMILES string of the molecule is COC(=O)CC1OCC[N+]2=C1c1[nH]c3ccccc3c1CC2. The first-order chi connectivity index (χ1) is 10.8. The molecule has 5 nitrogen and oxygen atoms in total. The van der Waals surface area contributed by atoms with E-state index in [1.54, 1.807) is 0 Å². The minimum Gasteiger partial charge on any atom is -0.469 e. The highest BCUT2D eigenvalue weighted by atomic mass is 16.5. The molecule has 0 saturated carbocycles. The van der Waals surface area contributed by atoms with Gasteiger partial charge < -0.3 is 14.5 Å². The van der Waals surface area contributed by atoms with Gasteiger partial charge in [0, 0.05) is 17.3 Å². The first-order valence-corrected chi connectivity index (χ1v) is 7.68. The first kappa shape index (κ1) is 13.5. The standard InChI is InChI=1S/C17H18N2O3/c1-21-15(20)10-14-17-16-12(6-7-19(17)8-9-22-14)11-4-2-3-5-13(11)18-16/h2-5,14H,6-10H2,1H3/p+1. The summed E-state index contributed by atoms with van der Waals surface area (Å²) >= 11 is 0. The van der Waals surface area contributed by atoms with Crippen LogP contribution in [0.25, 0.3) is 10.9 Å². The first-order valence-electron chi connectivity index (χ1n) is 7.68. The average molecular weight is 299 g/mol. The van der Waals surface area contributed by atoms with Crippen molar-refractivity contribution in [2.45, 2.75) is 18.9 Å². The van der Waals surface area contributed by atoms with Crippen LogP contribution >= 0.6 is 0 Å². The van der Waals surface area contributed by atoms with E-state index in [0.29, 0.717) is 6.61 Å². The Kier molecular flexibility index (Phi) is 3.22. The van der Waals surface area contributed by atoms with E-state index in [9.17, 15) is 4.79 Å². The Labute approximate surface area is 128 Å². The van der Waals surface area contributed by atoms with Gasteiger partial charge in [-0.25, -0.2) is 4.58 Å². The van der Waals surface area contributed by atoms with Gasteiger partial charge in [-0.3, -0.25) is 4.79 Å². The van der Waals surface area contributed by atoms with Crippen molar-refractivity contribution >= 4 is 22.6 Å². The van der Waals surface area contributed by atoms with Crippen molar-refractivity contribution in [1.82, 2.24) is 4.98 Å². The Morgan fingerprint density at radius 2 is 2.27 bits per heavy atom. The number of nitrogens with one attached hydrogen (secondary N) is 1. The Morgan fingerprint density at radius 3 is 3.14 bits per heavy atom. The number of carbonyl (C=O) groups is 1. The molecule has 0 amide bonds. The summed E-state index contributed by atoms with van der Waals surface area (Å²) in [6.07, 6.45) is 1.05. The predicted octanol–water partition coefficient (Wildman–Crippen LogP) is 1.49. The van der Waals surface area contributed by atoms with Gasteiger partial charge in [0.05, 0.1) is 13.5 Å². The van der Waals surface area contributed by atoms with Crippen molar-refractivity contribution in [3.8, 4) is 0 Å². The number of aromatic amines is 1. The van der Waals surface area contributed by atoms with E-state index < -0.39 is 0 Å². The number of para-hydroxylation sites is 1. The third kappa shape index (κ3) is 2.04. The molecule has 1 atom stereocenters. The molecule has 4 rings (SSSR count). The van der Waals surface area contributed by atoms with Gasteiger partial charge in [-0.2, -0.15) is 0 Å². The normalized spacial score (nSPS) is 20.7. The van der Waals surface area contributed by atoms with Crippen LogP contribution in [0.3, 0.4) is 0 Å². The summed E-state index contributed by atoms with van der Waals surface area (Å²) in [7, 11) is 1.42. The second-order valence-corrected chi connectivity index (χ2v) is 5.79. The smallest absolute Gasteiger partial charge is 0.308 e. The Bertz CT molecular complexity index is 775. The maximum atomic E-state index is 11.7. The van der Waals surface area contributed by atoms with Crippen molar-refractivity contribution in [3.05, 3.63) is 35.5 Å². The molecular formula is C17H19N2O3+. The van der Waals surface area contributed by atoms with Gasteiger partial charge in [-0.05, 0) is 11.6 Å². The molecule has 114 valence electrons. The minimum atomic E-state index is -0.234. The summed E-state index contributed by atoms with van der Waals surface area (Å²) in [5.74, 6) is -0.234. The fraction of sp³-hybridized carbons (Fsp3) is 0.412. The number of methoxy groups -OCH3 is 1. The van der Waals surface area contributed by atoms with Gasteiger partial charge in [0.15, 0.2) is 12.6 Å². The maximum Gasteiger partial charge on any atom is 0.308 e. The molecule has 2 aliphatic heterocycles. The summed E-state index contributed by atoms with van der Waals surface area (Å²) < 4.78 is 13.0. The number of rotatable bonds is 2.